The second kappa shape index (κ2) is 6.36. The van der Waals surface area contributed by atoms with Crippen LogP contribution in [0.25, 0.3) is 11.1 Å². The number of methoxy groups -OCH3 is 1. The van der Waals surface area contributed by atoms with Crippen molar-refractivity contribution in [1.29, 1.82) is 0 Å². The minimum atomic E-state index is 0.597. The van der Waals surface area contributed by atoms with Gasteiger partial charge in [0.1, 0.15) is 0 Å². The van der Waals surface area contributed by atoms with Crippen LogP contribution in [0.5, 0.6) is 5.88 Å². The molecule has 1 aromatic heterocycles. The van der Waals surface area contributed by atoms with Gasteiger partial charge >= 0.3 is 0 Å². The molecule has 0 bridgehead atoms. The van der Waals surface area contributed by atoms with Crippen molar-refractivity contribution >= 4 is 12.0 Å². The van der Waals surface area contributed by atoms with E-state index in [1.54, 1.807) is 13.3 Å². The molecule has 0 unspecified atom stereocenters. The van der Waals surface area contributed by atoms with Crippen molar-refractivity contribution in [2.75, 3.05) is 7.11 Å². The maximum atomic E-state index is 5.01. The minimum Gasteiger partial charge on any atom is -0.481 e. The quantitative estimate of drug-likeness (QED) is 0.508. The van der Waals surface area contributed by atoms with Gasteiger partial charge in [0.25, 0.3) is 0 Å². The molecule has 0 amide bonds. The number of aromatic nitrogens is 1. The molecule has 0 aliphatic carbocycles. The molecule has 0 fully saturated rings. The molecule has 0 radical (unpaired) electrons. The standard InChI is InChI=1S/C12H12N2O3S/c1-15-12-7-4-10(8-14-12)9-2-5-11(6-3-9)18-17-16-13/h2-8H,13H2,1H3. The minimum absolute atomic E-state index is 0.597. The molecule has 5 nitrogen and oxygen atoms in total. The van der Waals surface area contributed by atoms with Crippen LogP contribution in [0.1, 0.15) is 0 Å². The summed E-state index contributed by atoms with van der Waals surface area (Å²) in [6.45, 7) is 0. The maximum absolute atomic E-state index is 5.01. The first-order valence-electron chi connectivity index (χ1n) is 5.14. The summed E-state index contributed by atoms with van der Waals surface area (Å²) < 4.78 is 9.57. The first-order valence-corrected chi connectivity index (χ1v) is 5.88. The lowest BCUT2D eigenvalue weighted by Crippen LogP contribution is -1.93. The lowest BCUT2D eigenvalue weighted by molar-refractivity contribution is -0.195. The van der Waals surface area contributed by atoms with Gasteiger partial charge in [-0.2, -0.15) is 5.90 Å². The van der Waals surface area contributed by atoms with Gasteiger partial charge in [0.15, 0.2) is 0 Å². The van der Waals surface area contributed by atoms with Gasteiger partial charge in [0.2, 0.25) is 5.88 Å². The second-order valence-electron chi connectivity index (χ2n) is 3.36. The van der Waals surface area contributed by atoms with E-state index >= 15 is 0 Å². The van der Waals surface area contributed by atoms with E-state index in [1.807, 2.05) is 36.4 Å². The average Bonchev–Trinajstić information content (AvgIpc) is 2.46. The summed E-state index contributed by atoms with van der Waals surface area (Å²) in [7, 11) is 1.59. The molecule has 2 N–H and O–H groups in total. The predicted octanol–water partition coefficient (Wildman–Crippen LogP) is 2.59. The third kappa shape index (κ3) is 3.21. The van der Waals surface area contributed by atoms with E-state index in [4.69, 9.17) is 10.6 Å². The van der Waals surface area contributed by atoms with Crippen LogP contribution in [0.3, 0.4) is 0 Å². The zero-order valence-electron chi connectivity index (χ0n) is 9.70. The summed E-state index contributed by atoms with van der Waals surface area (Å²) in [6, 6.07) is 11.5. The first kappa shape index (κ1) is 12.8. The van der Waals surface area contributed by atoms with Gasteiger partial charge in [0, 0.05) is 22.7 Å². The fraction of sp³-hybridized carbons (Fsp3) is 0.0833. The van der Waals surface area contributed by atoms with Crippen molar-refractivity contribution < 1.29 is 14.1 Å². The van der Waals surface area contributed by atoms with Gasteiger partial charge < -0.3 is 4.74 Å². The second-order valence-corrected chi connectivity index (χ2v) is 4.14. The third-order valence-corrected chi connectivity index (χ3v) is 2.91. The van der Waals surface area contributed by atoms with E-state index < -0.39 is 0 Å². The molecule has 0 atom stereocenters. The smallest absolute Gasteiger partial charge is 0.212 e. The third-order valence-electron chi connectivity index (χ3n) is 2.30. The zero-order valence-corrected chi connectivity index (χ0v) is 10.5. The molecule has 0 aliphatic rings. The van der Waals surface area contributed by atoms with Gasteiger partial charge in [0.05, 0.1) is 19.2 Å². The Bertz CT molecular complexity index is 488. The number of hydrogen-bond donors (Lipinski definition) is 1. The molecule has 2 aromatic rings. The molecular weight excluding hydrogens is 252 g/mol. The lowest BCUT2D eigenvalue weighted by atomic mass is 10.1. The van der Waals surface area contributed by atoms with E-state index in [0.717, 1.165) is 28.1 Å². The van der Waals surface area contributed by atoms with E-state index in [1.165, 1.54) is 0 Å². The highest BCUT2D eigenvalue weighted by Gasteiger charge is 2.01. The van der Waals surface area contributed by atoms with Crippen LogP contribution in [0, 0.1) is 0 Å². The van der Waals surface area contributed by atoms with Crippen LogP contribution in [-0.4, -0.2) is 12.1 Å². The molecule has 6 heteroatoms. The summed E-state index contributed by atoms with van der Waals surface area (Å²) in [5.41, 5.74) is 2.08. The molecule has 2 rings (SSSR count). The fourth-order valence-electron chi connectivity index (χ4n) is 1.43. The maximum Gasteiger partial charge on any atom is 0.212 e. The summed E-state index contributed by atoms with van der Waals surface area (Å²) >= 11 is 1.05. The number of hydrogen-bond acceptors (Lipinski definition) is 6. The van der Waals surface area contributed by atoms with Crippen LogP contribution >= 0.6 is 12.0 Å². The fourth-order valence-corrected chi connectivity index (χ4v) is 1.80. The number of ether oxygens (including phenoxy) is 1. The van der Waals surface area contributed by atoms with Crippen molar-refractivity contribution in [2.24, 2.45) is 5.90 Å². The Kier molecular flexibility index (Phi) is 4.54. The molecule has 1 heterocycles. The molecular formula is C12H12N2O3S. The molecule has 0 aliphatic heterocycles. The molecule has 18 heavy (non-hydrogen) atoms. The van der Waals surface area contributed by atoms with Crippen molar-refractivity contribution in [2.45, 2.75) is 4.90 Å². The van der Waals surface area contributed by atoms with Crippen LogP contribution < -0.4 is 10.6 Å². The first-order chi connectivity index (χ1) is 8.83. The van der Waals surface area contributed by atoms with Gasteiger partial charge in [-0.3, -0.25) is 0 Å². The Balaban J connectivity index is 2.12. The number of nitrogens with two attached hydrogens (primary N) is 1. The summed E-state index contributed by atoms with van der Waals surface area (Å²) in [5.74, 6) is 5.36. The normalized spacial score (nSPS) is 10.3. The Morgan fingerprint density at radius 3 is 2.33 bits per heavy atom. The highest BCUT2D eigenvalue weighted by molar-refractivity contribution is 7.94. The summed E-state index contributed by atoms with van der Waals surface area (Å²) in [6.07, 6.45) is 1.76. The van der Waals surface area contributed by atoms with E-state index in [9.17, 15) is 0 Å². The number of rotatable bonds is 5. The molecule has 94 valence electrons. The highest BCUT2D eigenvalue weighted by Crippen LogP contribution is 2.24. The lowest BCUT2D eigenvalue weighted by Gasteiger charge is -2.04. The van der Waals surface area contributed by atoms with Crippen molar-refractivity contribution in [3.63, 3.8) is 0 Å². The topological polar surface area (TPSA) is 66.6 Å². The zero-order chi connectivity index (χ0) is 12.8. The predicted molar refractivity (Wildman–Crippen MR) is 68.4 cm³/mol. The van der Waals surface area contributed by atoms with Gasteiger partial charge in [-0.25, -0.2) is 4.98 Å². The molecule has 0 saturated carbocycles. The van der Waals surface area contributed by atoms with E-state index in [-0.39, 0.29) is 0 Å². The van der Waals surface area contributed by atoms with E-state index in [0.29, 0.717) is 5.88 Å². The van der Waals surface area contributed by atoms with Gasteiger partial charge in [-0.1, -0.05) is 12.1 Å². The molecule has 0 saturated heterocycles. The van der Waals surface area contributed by atoms with Gasteiger partial charge in [-0.15, -0.1) is 9.32 Å². The Morgan fingerprint density at radius 2 is 1.78 bits per heavy atom. The molecule has 1 aromatic carbocycles. The SMILES string of the molecule is COc1ccc(-c2ccc(SOON)cc2)cn1. The Labute approximate surface area is 109 Å². The van der Waals surface area contributed by atoms with Crippen LogP contribution in [0.4, 0.5) is 0 Å². The van der Waals surface area contributed by atoms with Gasteiger partial charge in [-0.05, 0) is 23.8 Å². The molecule has 0 spiro atoms. The monoisotopic (exact) mass is 264 g/mol. The number of pyridine rings is 1. The van der Waals surface area contributed by atoms with Crippen LogP contribution in [-0.2, 0) is 9.32 Å². The highest BCUT2D eigenvalue weighted by atomic mass is 32.2. The Morgan fingerprint density at radius 1 is 1.06 bits per heavy atom. The largest absolute Gasteiger partial charge is 0.481 e. The summed E-state index contributed by atoms with van der Waals surface area (Å²) in [5, 5.41) is 0. The van der Waals surface area contributed by atoms with Crippen LogP contribution in [0.2, 0.25) is 0 Å². The van der Waals surface area contributed by atoms with Crippen molar-refractivity contribution in [3.05, 3.63) is 42.6 Å². The average molecular weight is 264 g/mol. The van der Waals surface area contributed by atoms with Crippen LogP contribution in [0.15, 0.2) is 47.5 Å². The number of benzene rings is 1. The Hall–Kier alpha value is -1.60. The van der Waals surface area contributed by atoms with Crippen molar-refractivity contribution in [3.8, 4) is 17.0 Å². The van der Waals surface area contributed by atoms with Crippen molar-refractivity contribution in [1.82, 2.24) is 4.98 Å². The summed E-state index contributed by atoms with van der Waals surface area (Å²) in [4.78, 5) is 9.08. The van der Waals surface area contributed by atoms with E-state index in [2.05, 4.69) is 14.3 Å². The number of nitrogens with zero attached hydrogens (tertiary/aromatic N) is 1.